The lowest BCUT2D eigenvalue weighted by Gasteiger charge is -2.30. The molecule has 0 spiro atoms. The fourth-order valence-corrected chi connectivity index (χ4v) is 4.53. The fourth-order valence-electron chi connectivity index (χ4n) is 4.53. The normalized spacial score (nSPS) is 24.3. The maximum absolute atomic E-state index is 13.4. The van der Waals surface area contributed by atoms with Gasteiger partial charge >= 0.3 is 5.69 Å². The Kier molecular flexibility index (Phi) is 4.26. The first-order valence-corrected chi connectivity index (χ1v) is 9.24. The zero-order valence-electron chi connectivity index (χ0n) is 15.8. The molecule has 0 saturated carbocycles. The summed E-state index contributed by atoms with van der Waals surface area (Å²) in [5.74, 6) is 0.454. The Labute approximate surface area is 157 Å². The lowest BCUT2D eigenvalue weighted by molar-refractivity contribution is 0.0701. The Morgan fingerprint density at radius 1 is 1.11 bits per heavy atom. The highest BCUT2D eigenvalue weighted by atomic mass is 16.2. The summed E-state index contributed by atoms with van der Waals surface area (Å²) in [6, 6.07) is 9.33. The first-order chi connectivity index (χ1) is 12.9. The standard InChI is InChI=1S/C20H24N4O3/c1-12-6-4-5-7-14(12)18-15-10-21-9-13(15)11-24(18)19(26)16-8-17(25)23(3)20(27)22(16)2/h4-8,13,15,18,21H,9-11H2,1-3H3/t13-,15-,18-/m0/s1. The van der Waals surface area contributed by atoms with Crippen LogP contribution in [0.5, 0.6) is 0 Å². The molecular formula is C20H24N4O3. The highest BCUT2D eigenvalue weighted by Gasteiger charge is 2.47. The molecule has 2 aromatic rings. The first kappa shape index (κ1) is 17.7. The molecule has 3 atom stereocenters. The Balaban J connectivity index is 1.80. The van der Waals surface area contributed by atoms with Gasteiger partial charge in [-0.1, -0.05) is 24.3 Å². The van der Waals surface area contributed by atoms with Crippen LogP contribution in [0, 0.1) is 18.8 Å². The van der Waals surface area contributed by atoms with Gasteiger partial charge in [-0.15, -0.1) is 0 Å². The third-order valence-corrected chi connectivity index (χ3v) is 6.08. The molecule has 1 aromatic carbocycles. The van der Waals surface area contributed by atoms with Crippen molar-refractivity contribution in [2.75, 3.05) is 19.6 Å². The van der Waals surface area contributed by atoms with Crippen molar-refractivity contribution >= 4 is 5.91 Å². The number of hydrogen-bond donors (Lipinski definition) is 1. The van der Waals surface area contributed by atoms with Gasteiger partial charge in [-0.25, -0.2) is 4.79 Å². The zero-order chi connectivity index (χ0) is 19.3. The van der Waals surface area contributed by atoms with E-state index in [4.69, 9.17) is 0 Å². The number of amides is 1. The number of nitrogens with zero attached hydrogens (tertiary/aromatic N) is 3. The Morgan fingerprint density at radius 2 is 1.85 bits per heavy atom. The van der Waals surface area contributed by atoms with Crippen LogP contribution in [-0.2, 0) is 14.1 Å². The summed E-state index contributed by atoms with van der Waals surface area (Å²) in [5, 5.41) is 3.43. The molecule has 3 heterocycles. The van der Waals surface area contributed by atoms with Gasteiger partial charge in [0.05, 0.1) is 6.04 Å². The molecule has 2 aliphatic rings. The zero-order valence-corrected chi connectivity index (χ0v) is 15.8. The van der Waals surface area contributed by atoms with Crippen molar-refractivity contribution in [2.24, 2.45) is 25.9 Å². The Hall–Kier alpha value is -2.67. The van der Waals surface area contributed by atoms with Crippen molar-refractivity contribution < 1.29 is 4.79 Å². The second-order valence-electron chi connectivity index (χ2n) is 7.61. The number of carbonyl (C=O) groups excluding carboxylic acids is 1. The van der Waals surface area contributed by atoms with Gasteiger partial charge in [-0.2, -0.15) is 0 Å². The number of nitrogens with one attached hydrogen (secondary N) is 1. The van der Waals surface area contributed by atoms with Gasteiger partial charge in [0, 0.05) is 45.7 Å². The smallest absolute Gasteiger partial charge is 0.330 e. The number of aryl methyl sites for hydroxylation is 1. The van der Waals surface area contributed by atoms with E-state index in [-0.39, 0.29) is 17.6 Å². The van der Waals surface area contributed by atoms with Gasteiger partial charge in [0.25, 0.3) is 11.5 Å². The van der Waals surface area contributed by atoms with Crippen molar-refractivity contribution in [3.63, 3.8) is 0 Å². The van der Waals surface area contributed by atoms with E-state index in [1.54, 1.807) is 0 Å². The number of fused-ring (bicyclic) bond motifs is 1. The average Bonchev–Trinajstić information content (AvgIpc) is 3.24. The van der Waals surface area contributed by atoms with Crippen molar-refractivity contribution in [3.8, 4) is 0 Å². The maximum atomic E-state index is 13.4. The minimum Gasteiger partial charge on any atom is -0.330 e. The number of carbonyl (C=O) groups is 1. The van der Waals surface area contributed by atoms with E-state index in [1.807, 2.05) is 17.0 Å². The average molecular weight is 368 g/mol. The summed E-state index contributed by atoms with van der Waals surface area (Å²) in [6.45, 7) is 4.43. The molecule has 2 fully saturated rings. The monoisotopic (exact) mass is 368 g/mol. The third kappa shape index (κ3) is 2.73. The van der Waals surface area contributed by atoms with Crippen LogP contribution in [0.4, 0.5) is 0 Å². The van der Waals surface area contributed by atoms with Gasteiger partial charge in [0.2, 0.25) is 0 Å². The van der Waals surface area contributed by atoms with E-state index in [0.29, 0.717) is 18.4 Å². The van der Waals surface area contributed by atoms with E-state index < -0.39 is 11.2 Å². The number of likely N-dealkylation sites (tertiary alicyclic amines) is 1. The van der Waals surface area contributed by atoms with Crippen molar-refractivity contribution in [2.45, 2.75) is 13.0 Å². The van der Waals surface area contributed by atoms with Gasteiger partial charge in [-0.3, -0.25) is 18.7 Å². The van der Waals surface area contributed by atoms with Crippen molar-refractivity contribution in [1.82, 2.24) is 19.4 Å². The van der Waals surface area contributed by atoms with Crippen molar-refractivity contribution in [3.05, 3.63) is 68.0 Å². The van der Waals surface area contributed by atoms with Gasteiger partial charge in [0.15, 0.2) is 0 Å². The van der Waals surface area contributed by atoms with Crippen LogP contribution in [0.3, 0.4) is 0 Å². The highest BCUT2D eigenvalue weighted by Crippen LogP contribution is 2.44. The molecule has 27 heavy (non-hydrogen) atoms. The van der Waals surface area contributed by atoms with Crippen LogP contribution in [0.15, 0.2) is 39.9 Å². The van der Waals surface area contributed by atoms with Crippen LogP contribution < -0.4 is 16.6 Å². The lowest BCUT2D eigenvalue weighted by Crippen LogP contribution is -2.43. The molecule has 0 radical (unpaired) electrons. The molecule has 7 nitrogen and oxygen atoms in total. The molecule has 2 aliphatic heterocycles. The summed E-state index contributed by atoms with van der Waals surface area (Å²) in [4.78, 5) is 39.6. The molecule has 1 N–H and O–H groups in total. The molecule has 0 bridgehead atoms. The second kappa shape index (κ2) is 6.49. The summed E-state index contributed by atoms with van der Waals surface area (Å²) in [6.07, 6.45) is 0. The molecular weight excluding hydrogens is 344 g/mol. The summed E-state index contributed by atoms with van der Waals surface area (Å²) in [5.41, 5.74) is 1.48. The van der Waals surface area contributed by atoms with Crippen LogP contribution in [0.2, 0.25) is 0 Å². The molecule has 2 saturated heterocycles. The largest absolute Gasteiger partial charge is 0.331 e. The number of rotatable bonds is 2. The highest BCUT2D eigenvalue weighted by molar-refractivity contribution is 5.93. The Morgan fingerprint density at radius 3 is 2.59 bits per heavy atom. The SMILES string of the molecule is Cc1ccccc1[C@H]1[C@H]2CNC[C@H]2CN1C(=O)c1cc(=O)n(C)c(=O)n1C. The van der Waals surface area contributed by atoms with E-state index in [2.05, 4.69) is 24.4 Å². The molecule has 0 unspecified atom stereocenters. The molecule has 1 amide bonds. The Bertz CT molecular complexity index is 1020. The van der Waals surface area contributed by atoms with Gasteiger partial charge < -0.3 is 10.2 Å². The summed E-state index contributed by atoms with van der Waals surface area (Å²) < 4.78 is 2.28. The fraction of sp³-hybridized carbons (Fsp3) is 0.450. The maximum Gasteiger partial charge on any atom is 0.331 e. The predicted molar refractivity (Wildman–Crippen MR) is 102 cm³/mol. The van der Waals surface area contributed by atoms with Crippen LogP contribution >= 0.6 is 0 Å². The minimum absolute atomic E-state index is 0.0575. The predicted octanol–water partition coefficient (Wildman–Crippen LogP) is 0.425. The van der Waals surface area contributed by atoms with E-state index in [1.165, 1.54) is 24.7 Å². The number of hydrogen-bond acceptors (Lipinski definition) is 4. The van der Waals surface area contributed by atoms with Crippen LogP contribution in [0.25, 0.3) is 0 Å². The number of aromatic nitrogens is 2. The van der Waals surface area contributed by atoms with Crippen LogP contribution in [0.1, 0.15) is 27.7 Å². The van der Waals surface area contributed by atoms with E-state index >= 15 is 0 Å². The summed E-state index contributed by atoms with van der Waals surface area (Å²) >= 11 is 0. The quantitative estimate of drug-likeness (QED) is 0.834. The molecule has 142 valence electrons. The topological polar surface area (TPSA) is 76.3 Å². The summed E-state index contributed by atoms with van der Waals surface area (Å²) in [7, 11) is 2.96. The van der Waals surface area contributed by atoms with Crippen molar-refractivity contribution in [1.29, 1.82) is 0 Å². The first-order valence-electron chi connectivity index (χ1n) is 9.24. The van der Waals surface area contributed by atoms with Gasteiger partial charge in [0.1, 0.15) is 5.69 Å². The van der Waals surface area contributed by atoms with E-state index in [9.17, 15) is 14.4 Å². The second-order valence-corrected chi connectivity index (χ2v) is 7.61. The molecule has 1 aromatic heterocycles. The molecule has 4 rings (SSSR count). The lowest BCUT2D eigenvalue weighted by atomic mass is 9.87. The van der Waals surface area contributed by atoms with Crippen LogP contribution in [-0.4, -0.2) is 39.6 Å². The van der Waals surface area contributed by atoms with E-state index in [0.717, 1.165) is 28.8 Å². The molecule has 7 heteroatoms. The third-order valence-electron chi connectivity index (χ3n) is 6.08. The number of benzene rings is 1. The van der Waals surface area contributed by atoms with Gasteiger partial charge in [-0.05, 0) is 24.0 Å². The minimum atomic E-state index is -0.487. The molecule has 0 aliphatic carbocycles.